The molecule has 1 rings (SSSR count). The van der Waals surface area contributed by atoms with Gasteiger partial charge in [0.25, 0.3) is 0 Å². The maximum absolute atomic E-state index is 11.5. The van der Waals surface area contributed by atoms with Crippen LogP contribution in [0.15, 0.2) is 24.3 Å². The number of halogens is 1. The number of hydrogen-bond acceptors (Lipinski definition) is 2. The van der Waals surface area contributed by atoms with E-state index in [1.165, 1.54) is 0 Å². The lowest BCUT2D eigenvalue weighted by Crippen LogP contribution is -2.38. The quantitative estimate of drug-likeness (QED) is 0.762. The molecule has 0 saturated carbocycles. The zero-order chi connectivity index (χ0) is 11.5. The van der Waals surface area contributed by atoms with Crippen LogP contribution in [-0.4, -0.2) is 5.91 Å². The third kappa shape index (κ3) is 3.44. The summed E-state index contributed by atoms with van der Waals surface area (Å²) in [4.78, 5) is 11.5. The van der Waals surface area contributed by atoms with E-state index < -0.39 is 5.41 Å². The molecule has 3 nitrogen and oxygen atoms in total. The summed E-state index contributed by atoms with van der Waals surface area (Å²) in [6, 6.07) is 7.23. The Balaban J connectivity index is 2.59. The van der Waals surface area contributed by atoms with Crippen LogP contribution < -0.4 is 10.9 Å². The van der Waals surface area contributed by atoms with Crippen molar-refractivity contribution >= 4 is 23.2 Å². The van der Waals surface area contributed by atoms with E-state index in [9.17, 15) is 4.79 Å². The van der Waals surface area contributed by atoms with Crippen molar-refractivity contribution in [3.8, 4) is 0 Å². The van der Waals surface area contributed by atoms with Crippen LogP contribution in [0.2, 0.25) is 5.02 Å². The number of rotatable bonds is 2. The van der Waals surface area contributed by atoms with E-state index in [1.807, 2.05) is 32.9 Å². The van der Waals surface area contributed by atoms with Crippen molar-refractivity contribution in [2.45, 2.75) is 20.8 Å². The van der Waals surface area contributed by atoms with E-state index in [0.717, 1.165) is 0 Å². The summed E-state index contributed by atoms with van der Waals surface area (Å²) in [5, 5.41) is 0.576. The monoisotopic (exact) mass is 226 g/mol. The maximum Gasteiger partial charge on any atom is 0.243 e. The first-order valence-corrected chi connectivity index (χ1v) is 5.10. The number of hydrogen-bond donors (Lipinski definition) is 2. The normalized spacial score (nSPS) is 10.9. The summed E-state index contributed by atoms with van der Waals surface area (Å²) >= 11 is 5.91. The number of para-hydroxylation sites is 1. The van der Waals surface area contributed by atoms with E-state index in [-0.39, 0.29) is 5.91 Å². The van der Waals surface area contributed by atoms with Gasteiger partial charge in [0, 0.05) is 5.41 Å². The molecule has 2 N–H and O–H groups in total. The Morgan fingerprint density at radius 2 is 1.87 bits per heavy atom. The van der Waals surface area contributed by atoms with Gasteiger partial charge in [0.1, 0.15) is 0 Å². The molecule has 15 heavy (non-hydrogen) atoms. The van der Waals surface area contributed by atoms with Crippen LogP contribution in [0, 0.1) is 5.41 Å². The molecule has 0 radical (unpaired) electrons. The summed E-state index contributed by atoms with van der Waals surface area (Å²) in [5.41, 5.74) is 5.66. The van der Waals surface area contributed by atoms with Crippen molar-refractivity contribution in [3.63, 3.8) is 0 Å². The fraction of sp³-hybridized carbons (Fsp3) is 0.364. The number of carbonyl (C=O) groups is 1. The molecule has 0 fully saturated rings. The first-order chi connectivity index (χ1) is 6.91. The third-order valence-electron chi connectivity index (χ3n) is 1.87. The highest BCUT2D eigenvalue weighted by molar-refractivity contribution is 6.33. The van der Waals surface area contributed by atoms with Crippen molar-refractivity contribution in [1.29, 1.82) is 0 Å². The molecule has 0 unspecified atom stereocenters. The Hall–Kier alpha value is -1.22. The highest BCUT2D eigenvalue weighted by Gasteiger charge is 2.20. The zero-order valence-corrected chi connectivity index (χ0v) is 9.85. The molecular formula is C11H15ClN2O. The molecule has 82 valence electrons. The molecule has 0 bridgehead atoms. The van der Waals surface area contributed by atoms with Crippen LogP contribution in [0.25, 0.3) is 0 Å². The number of amides is 1. The van der Waals surface area contributed by atoms with Crippen LogP contribution >= 0.6 is 11.6 Å². The number of hydrazine groups is 1. The van der Waals surface area contributed by atoms with Crippen molar-refractivity contribution in [2.75, 3.05) is 5.43 Å². The lowest BCUT2D eigenvalue weighted by atomic mass is 9.96. The van der Waals surface area contributed by atoms with E-state index >= 15 is 0 Å². The van der Waals surface area contributed by atoms with Crippen molar-refractivity contribution in [2.24, 2.45) is 5.41 Å². The summed E-state index contributed by atoms with van der Waals surface area (Å²) in [6.07, 6.45) is 0. The Labute approximate surface area is 94.8 Å². The number of anilines is 1. The maximum atomic E-state index is 11.5. The molecule has 0 aliphatic rings. The van der Waals surface area contributed by atoms with Gasteiger partial charge >= 0.3 is 0 Å². The van der Waals surface area contributed by atoms with Crippen LogP contribution in [0.1, 0.15) is 20.8 Å². The second kappa shape index (κ2) is 4.53. The van der Waals surface area contributed by atoms with E-state index in [4.69, 9.17) is 11.6 Å². The Morgan fingerprint density at radius 1 is 1.27 bits per heavy atom. The van der Waals surface area contributed by atoms with Crippen LogP contribution in [0.5, 0.6) is 0 Å². The molecule has 0 aliphatic heterocycles. The first-order valence-electron chi connectivity index (χ1n) is 4.72. The molecule has 0 aromatic heterocycles. The van der Waals surface area contributed by atoms with Gasteiger partial charge in [-0.15, -0.1) is 0 Å². The minimum atomic E-state index is -0.422. The van der Waals surface area contributed by atoms with Gasteiger partial charge in [-0.05, 0) is 12.1 Å². The van der Waals surface area contributed by atoms with Gasteiger partial charge in [0.05, 0.1) is 10.7 Å². The molecule has 1 amide bonds. The smallest absolute Gasteiger partial charge is 0.243 e. The minimum Gasteiger partial charge on any atom is -0.297 e. The number of nitrogens with one attached hydrogen (secondary N) is 2. The zero-order valence-electron chi connectivity index (χ0n) is 9.10. The molecule has 0 spiro atoms. The lowest BCUT2D eigenvalue weighted by molar-refractivity contribution is -0.127. The summed E-state index contributed by atoms with van der Waals surface area (Å²) in [5.74, 6) is -0.0811. The highest BCUT2D eigenvalue weighted by atomic mass is 35.5. The average molecular weight is 227 g/mol. The molecule has 0 aliphatic carbocycles. The van der Waals surface area contributed by atoms with Crippen molar-refractivity contribution < 1.29 is 4.79 Å². The molecule has 0 heterocycles. The van der Waals surface area contributed by atoms with E-state index in [1.54, 1.807) is 12.1 Å². The number of benzene rings is 1. The fourth-order valence-electron chi connectivity index (χ4n) is 0.874. The van der Waals surface area contributed by atoms with Gasteiger partial charge in [0.2, 0.25) is 5.91 Å². The lowest BCUT2D eigenvalue weighted by Gasteiger charge is -2.18. The predicted molar refractivity (Wildman–Crippen MR) is 62.7 cm³/mol. The average Bonchev–Trinajstić information content (AvgIpc) is 2.14. The minimum absolute atomic E-state index is 0.0811. The van der Waals surface area contributed by atoms with Crippen LogP contribution in [-0.2, 0) is 4.79 Å². The molecular weight excluding hydrogens is 212 g/mol. The second-order valence-electron chi connectivity index (χ2n) is 4.31. The van der Waals surface area contributed by atoms with Gasteiger partial charge in [0.15, 0.2) is 0 Å². The SMILES string of the molecule is CC(C)(C)C(=O)NNc1ccccc1Cl. The Kier molecular flexibility index (Phi) is 3.58. The van der Waals surface area contributed by atoms with Gasteiger partial charge in [-0.2, -0.15) is 0 Å². The van der Waals surface area contributed by atoms with Gasteiger partial charge in [-0.3, -0.25) is 15.6 Å². The summed E-state index contributed by atoms with van der Waals surface area (Å²) < 4.78 is 0. The standard InChI is InChI=1S/C11H15ClN2O/c1-11(2,3)10(15)14-13-9-7-5-4-6-8(9)12/h4-7,13H,1-3H3,(H,14,15). The summed E-state index contributed by atoms with van der Waals surface area (Å²) in [7, 11) is 0. The third-order valence-corrected chi connectivity index (χ3v) is 2.20. The first kappa shape index (κ1) is 11.9. The van der Waals surface area contributed by atoms with Gasteiger partial charge < -0.3 is 0 Å². The Bertz CT molecular complexity index is 358. The van der Waals surface area contributed by atoms with E-state index in [2.05, 4.69) is 10.9 Å². The van der Waals surface area contributed by atoms with Crippen LogP contribution in [0.4, 0.5) is 5.69 Å². The van der Waals surface area contributed by atoms with Gasteiger partial charge in [-0.25, -0.2) is 0 Å². The second-order valence-corrected chi connectivity index (χ2v) is 4.72. The molecule has 1 aromatic rings. The van der Waals surface area contributed by atoms with E-state index in [0.29, 0.717) is 10.7 Å². The molecule has 0 atom stereocenters. The summed E-state index contributed by atoms with van der Waals surface area (Å²) in [6.45, 7) is 5.53. The molecule has 4 heteroatoms. The van der Waals surface area contributed by atoms with Crippen molar-refractivity contribution in [1.82, 2.24) is 5.43 Å². The molecule has 0 saturated heterocycles. The predicted octanol–water partition coefficient (Wildman–Crippen LogP) is 2.83. The van der Waals surface area contributed by atoms with Crippen molar-refractivity contribution in [3.05, 3.63) is 29.3 Å². The van der Waals surface area contributed by atoms with Gasteiger partial charge in [-0.1, -0.05) is 44.5 Å². The largest absolute Gasteiger partial charge is 0.297 e. The fourth-order valence-corrected chi connectivity index (χ4v) is 1.06. The molecule has 1 aromatic carbocycles. The number of carbonyl (C=O) groups excluding carboxylic acids is 1. The highest BCUT2D eigenvalue weighted by Crippen LogP contribution is 2.20. The Morgan fingerprint density at radius 3 is 2.40 bits per heavy atom. The topological polar surface area (TPSA) is 41.1 Å². The van der Waals surface area contributed by atoms with Crippen LogP contribution in [0.3, 0.4) is 0 Å².